The highest BCUT2D eigenvalue weighted by Gasteiger charge is 2.51. The summed E-state index contributed by atoms with van der Waals surface area (Å²) in [5.74, 6) is 0.319. The maximum Gasteiger partial charge on any atom is 0.325 e. The number of carboxylic acid groups (broad SMARTS) is 1. The topological polar surface area (TPSA) is 52.6 Å². The van der Waals surface area contributed by atoms with Crippen LogP contribution in [0.2, 0.25) is 0 Å². The summed E-state index contributed by atoms with van der Waals surface area (Å²) in [6.45, 7) is 5.67. The van der Waals surface area contributed by atoms with Crippen LogP contribution in [-0.4, -0.2) is 47.7 Å². The van der Waals surface area contributed by atoms with Gasteiger partial charge in [-0.3, -0.25) is 4.79 Å². The first-order valence-corrected chi connectivity index (χ1v) is 8.20. The monoisotopic (exact) mass is 282 g/mol. The first-order chi connectivity index (χ1) is 9.51. The van der Waals surface area contributed by atoms with E-state index in [1.54, 1.807) is 0 Å². The molecule has 0 aromatic heterocycles. The van der Waals surface area contributed by atoms with Crippen molar-refractivity contribution < 1.29 is 9.90 Å². The Morgan fingerprint density at radius 2 is 1.95 bits per heavy atom. The van der Waals surface area contributed by atoms with E-state index in [1.807, 2.05) is 6.92 Å². The molecule has 2 N–H and O–H groups in total. The zero-order chi connectivity index (χ0) is 14.8. The van der Waals surface area contributed by atoms with Crippen molar-refractivity contribution in [1.82, 2.24) is 10.2 Å². The fraction of sp³-hybridized carbons (Fsp3) is 0.938. The summed E-state index contributed by atoms with van der Waals surface area (Å²) in [4.78, 5) is 14.2. The molecular weight excluding hydrogens is 252 g/mol. The van der Waals surface area contributed by atoms with Crippen molar-refractivity contribution in [3.05, 3.63) is 0 Å². The van der Waals surface area contributed by atoms with Crippen molar-refractivity contribution in [2.75, 3.05) is 20.1 Å². The predicted octanol–water partition coefficient (Wildman–Crippen LogP) is 2.34. The summed E-state index contributed by atoms with van der Waals surface area (Å²) in [5.41, 5.74) is -0.735. The number of rotatable bonds is 7. The summed E-state index contributed by atoms with van der Waals surface area (Å²) in [5, 5.41) is 13.1. The van der Waals surface area contributed by atoms with E-state index in [1.165, 1.54) is 25.7 Å². The molecule has 0 spiro atoms. The Hall–Kier alpha value is -0.610. The van der Waals surface area contributed by atoms with Crippen molar-refractivity contribution in [3.8, 4) is 0 Å². The van der Waals surface area contributed by atoms with E-state index in [4.69, 9.17) is 0 Å². The zero-order valence-electron chi connectivity index (χ0n) is 13.2. The molecule has 2 aliphatic rings. The second kappa shape index (κ2) is 6.44. The van der Waals surface area contributed by atoms with Crippen LogP contribution in [0.4, 0.5) is 0 Å². The van der Waals surface area contributed by atoms with Crippen LogP contribution in [0, 0.1) is 11.8 Å². The molecule has 0 radical (unpaired) electrons. The van der Waals surface area contributed by atoms with Crippen molar-refractivity contribution >= 4 is 5.97 Å². The molecule has 116 valence electrons. The normalized spacial score (nSPS) is 30.2. The molecular formula is C16H30N2O2. The smallest absolute Gasteiger partial charge is 0.325 e. The second-order valence-corrected chi connectivity index (χ2v) is 6.83. The lowest BCUT2D eigenvalue weighted by atomic mass is 9.83. The highest BCUT2D eigenvalue weighted by atomic mass is 16.4. The van der Waals surface area contributed by atoms with Crippen LogP contribution in [-0.2, 0) is 4.79 Å². The summed E-state index contributed by atoms with van der Waals surface area (Å²) < 4.78 is 0. The van der Waals surface area contributed by atoms with E-state index >= 15 is 0 Å². The number of hydrogen-bond acceptors (Lipinski definition) is 3. The third-order valence-electron chi connectivity index (χ3n) is 5.28. The first kappa shape index (κ1) is 15.8. The van der Waals surface area contributed by atoms with Gasteiger partial charge in [0.15, 0.2) is 0 Å². The Balaban J connectivity index is 2.08. The molecule has 4 nitrogen and oxygen atoms in total. The molecule has 3 atom stereocenters. The molecule has 20 heavy (non-hydrogen) atoms. The van der Waals surface area contributed by atoms with Crippen LogP contribution in [0.3, 0.4) is 0 Å². The SMILES string of the molecule is CCNC(CN(C)C1CCCCC1C)(C(=O)O)C1CC1. The number of aliphatic carboxylic acids is 1. The van der Waals surface area contributed by atoms with Crippen LogP contribution < -0.4 is 5.32 Å². The molecule has 0 aromatic rings. The number of nitrogens with one attached hydrogen (secondary N) is 1. The van der Waals surface area contributed by atoms with E-state index in [9.17, 15) is 9.90 Å². The second-order valence-electron chi connectivity index (χ2n) is 6.83. The lowest BCUT2D eigenvalue weighted by molar-refractivity contribution is -0.147. The fourth-order valence-corrected chi connectivity index (χ4v) is 4.00. The molecule has 2 fully saturated rings. The Labute approximate surface area is 122 Å². The molecule has 2 rings (SSSR count). The molecule has 0 aliphatic heterocycles. The Kier molecular flexibility index (Phi) is 5.08. The predicted molar refractivity (Wildman–Crippen MR) is 80.8 cm³/mol. The van der Waals surface area contributed by atoms with Crippen molar-refractivity contribution in [3.63, 3.8) is 0 Å². The van der Waals surface area contributed by atoms with Gasteiger partial charge in [0, 0.05) is 12.6 Å². The molecule has 0 aromatic carbocycles. The molecule has 0 saturated heterocycles. The van der Waals surface area contributed by atoms with Gasteiger partial charge in [-0.25, -0.2) is 0 Å². The van der Waals surface area contributed by atoms with Gasteiger partial charge in [0.1, 0.15) is 5.54 Å². The molecule has 0 bridgehead atoms. The highest BCUT2D eigenvalue weighted by Crippen LogP contribution is 2.41. The van der Waals surface area contributed by atoms with E-state index in [-0.39, 0.29) is 0 Å². The summed E-state index contributed by atoms with van der Waals surface area (Å²) in [6.07, 6.45) is 7.19. The van der Waals surface area contributed by atoms with Crippen LogP contribution in [0.15, 0.2) is 0 Å². The Morgan fingerprint density at radius 3 is 2.45 bits per heavy atom. The molecule has 0 amide bonds. The van der Waals surface area contributed by atoms with Gasteiger partial charge in [-0.15, -0.1) is 0 Å². The average Bonchev–Trinajstić information content (AvgIpc) is 3.22. The van der Waals surface area contributed by atoms with Crippen LogP contribution in [0.25, 0.3) is 0 Å². The minimum atomic E-state index is -0.735. The minimum Gasteiger partial charge on any atom is -0.480 e. The standard InChI is InChI=1S/C16H30N2O2/c1-4-17-16(15(19)20,13-9-10-13)11-18(3)14-8-6-5-7-12(14)2/h12-14,17H,4-11H2,1-3H3,(H,19,20). The average molecular weight is 282 g/mol. The summed E-state index contributed by atoms with van der Waals surface area (Å²) in [7, 11) is 2.11. The van der Waals surface area contributed by atoms with E-state index in [0.717, 1.165) is 19.4 Å². The van der Waals surface area contributed by atoms with Crippen LogP contribution >= 0.6 is 0 Å². The number of nitrogens with zero attached hydrogens (tertiary/aromatic N) is 1. The van der Waals surface area contributed by atoms with Gasteiger partial charge in [-0.05, 0) is 51.1 Å². The molecule has 4 heteroatoms. The fourth-order valence-electron chi connectivity index (χ4n) is 4.00. The maximum atomic E-state index is 11.9. The number of hydrogen-bond donors (Lipinski definition) is 2. The van der Waals surface area contributed by atoms with E-state index < -0.39 is 11.5 Å². The van der Waals surface area contributed by atoms with Gasteiger partial charge in [0.2, 0.25) is 0 Å². The van der Waals surface area contributed by atoms with Crippen molar-refractivity contribution in [1.29, 1.82) is 0 Å². The molecule has 3 unspecified atom stereocenters. The quantitative estimate of drug-likeness (QED) is 0.752. The van der Waals surface area contributed by atoms with Gasteiger partial charge in [0.05, 0.1) is 0 Å². The Morgan fingerprint density at radius 1 is 1.30 bits per heavy atom. The Bertz CT molecular complexity index is 343. The maximum absolute atomic E-state index is 11.9. The molecule has 0 heterocycles. The third-order valence-corrected chi connectivity index (χ3v) is 5.28. The van der Waals surface area contributed by atoms with E-state index in [2.05, 4.69) is 24.2 Å². The van der Waals surface area contributed by atoms with Gasteiger partial charge in [-0.1, -0.05) is 26.7 Å². The number of likely N-dealkylation sites (N-methyl/N-ethyl adjacent to an activating group) is 2. The highest BCUT2D eigenvalue weighted by molar-refractivity contribution is 5.80. The number of carboxylic acids is 1. The van der Waals surface area contributed by atoms with Gasteiger partial charge >= 0.3 is 5.97 Å². The zero-order valence-corrected chi connectivity index (χ0v) is 13.2. The van der Waals surface area contributed by atoms with Gasteiger partial charge < -0.3 is 15.3 Å². The van der Waals surface area contributed by atoms with Gasteiger partial charge in [0.25, 0.3) is 0 Å². The summed E-state index contributed by atoms with van der Waals surface area (Å²) >= 11 is 0. The van der Waals surface area contributed by atoms with E-state index in [0.29, 0.717) is 24.4 Å². The van der Waals surface area contributed by atoms with Crippen LogP contribution in [0.1, 0.15) is 52.4 Å². The van der Waals surface area contributed by atoms with Gasteiger partial charge in [-0.2, -0.15) is 0 Å². The largest absolute Gasteiger partial charge is 0.480 e. The molecule has 2 aliphatic carbocycles. The minimum absolute atomic E-state index is 0.307. The van der Waals surface area contributed by atoms with Crippen molar-refractivity contribution in [2.24, 2.45) is 11.8 Å². The lowest BCUT2D eigenvalue weighted by Gasteiger charge is -2.41. The third kappa shape index (κ3) is 3.17. The number of carbonyl (C=O) groups is 1. The first-order valence-electron chi connectivity index (χ1n) is 8.20. The summed E-state index contributed by atoms with van der Waals surface area (Å²) in [6, 6.07) is 0.542. The molecule has 2 saturated carbocycles. The van der Waals surface area contributed by atoms with Crippen molar-refractivity contribution in [2.45, 2.75) is 64.0 Å². The van der Waals surface area contributed by atoms with Crippen LogP contribution in [0.5, 0.6) is 0 Å². The lowest BCUT2D eigenvalue weighted by Crippen LogP contribution is -2.62.